The van der Waals surface area contributed by atoms with Crippen LogP contribution in [0.2, 0.25) is 0 Å². The van der Waals surface area contributed by atoms with Crippen LogP contribution in [0.5, 0.6) is 0 Å². The molecule has 0 radical (unpaired) electrons. The number of carboxylic acids is 2. The smallest absolute Gasteiger partial charge is 0.325 e. The maximum atomic E-state index is 11.5. The van der Waals surface area contributed by atoms with E-state index in [1.807, 2.05) is 0 Å². The second-order valence-electron chi connectivity index (χ2n) is 5.30. The number of hydrogen-bond donors (Lipinski definition) is 2. The summed E-state index contributed by atoms with van der Waals surface area (Å²) < 4.78 is 0. The van der Waals surface area contributed by atoms with Gasteiger partial charge in [-0.05, 0) is 24.7 Å². The number of carbonyl (C=O) groups is 2. The number of aliphatic carboxylic acids is 2. The lowest BCUT2D eigenvalue weighted by atomic mass is 9.63. The van der Waals surface area contributed by atoms with Crippen LogP contribution in [-0.4, -0.2) is 22.2 Å². The van der Waals surface area contributed by atoms with Crippen molar-refractivity contribution in [3.8, 4) is 6.07 Å². The van der Waals surface area contributed by atoms with E-state index in [4.69, 9.17) is 0 Å². The SMILES string of the molecule is CC(C)C(C#N)(C(=O)O)C(C(=O)O)C1CCCC1. The lowest BCUT2D eigenvalue weighted by molar-refractivity contribution is -0.164. The minimum atomic E-state index is -1.83. The lowest BCUT2D eigenvalue weighted by Gasteiger charge is -2.35. The summed E-state index contributed by atoms with van der Waals surface area (Å²) >= 11 is 0. The first kappa shape index (κ1) is 14.5. The number of hydrogen-bond acceptors (Lipinski definition) is 3. The van der Waals surface area contributed by atoms with Crippen LogP contribution >= 0.6 is 0 Å². The summed E-state index contributed by atoms with van der Waals surface area (Å²) in [7, 11) is 0. The van der Waals surface area contributed by atoms with E-state index in [1.54, 1.807) is 19.9 Å². The summed E-state index contributed by atoms with van der Waals surface area (Å²) in [6.45, 7) is 3.20. The van der Waals surface area contributed by atoms with Crippen molar-refractivity contribution in [2.75, 3.05) is 0 Å². The van der Waals surface area contributed by atoms with E-state index in [1.165, 1.54) is 0 Å². The second-order valence-corrected chi connectivity index (χ2v) is 5.30. The molecule has 0 saturated heterocycles. The molecule has 1 saturated carbocycles. The fraction of sp³-hybridized carbons (Fsp3) is 0.769. The van der Waals surface area contributed by atoms with Gasteiger partial charge in [-0.3, -0.25) is 9.59 Å². The monoisotopic (exact) mass is 253 g/mol. The van der Waals surface area contributed by atoms with E-state index >= 15 is 0 Å². The van der Waals surface area contributed by atoms with Crippen LogP contribution < -0.4 is 0 Å². The molecular weight excluding hydrogens is 234 g/mol. The Hall–Kier alpha value is -1.57. The van der Waals surface area contributed by atoms with E-state index in [0.717, 1.165) is 12.8 Å². The molecule has 18 heavy (non-hydrogen) atoms. The number of nitrogens with zero attached hydrogens (tertiary/aromatic N) is 1. The predicted molar refractivity (Wildman–Crippen MR) is 63.6 cm³/mol. The maximum Gasteiger partial charge on any atom is 0.325 e. The summed E-state index contributed by atoms with van der Waals surface area (Å²) in [5.41, 5.74) is -1.83. The average Bonchev–Trinajstić information content (AvgIpc) is 2.76. The predicted octanol–water partition coefficient (Wildman–Crippen LogP) is 2.13. The highest BCUT2D eigenvalue weighted by molar-refractivity contribution is 5.86. The zero-order chi connectivity index (χ0) is 13.9. The molecule has 1 fully saturated rings. The zero-order valence-electron chi connectivity index (χ0n) is 10.7. The summed E-state index contributed by atoms with van der Waals surface area (Å²) in [4.78, 5) is 23.0. The summed E-state index contributed by atoms with van der Waals surface area (Å²) in [6, 6.07) is 1.79. The van der Waals surface area contributed by atoms with Gasteiger partial charge in [0.25, 0.3) is 0 Å². The molecule has 2 atom stereocenters. The van der Waals surface area contributed by atoms with Gasteiger partial charge in [0, 0.05) is 0 Å². The van der Waals surface area contributed by atoms with E-state index in [9.17, 15) is 25.1 Å². The Bertz CT molecular complexity index is 379. The fourth-order valence-electron chi connectivity index (χ4n) is 3.04. The van der Waals surface area contributed by atoms with Crippen molar-refractivity contribution < 1.29 is 19.8 Å². The largest absolute Gasteiger partial charge is 0.481 e. The fourth-order valence-corrected chi connectivity index (χ4v) is 3.04. The van der Waals surface area contributed by atoms with E-state index in [0.29, 0.717) is 12.8 Å². The highest BCUT2D eigenvalue weighted by Crippen LogP contribution is 2.45. The number of carboxylic acid groups (broad SMARTS) is 2. The van der Waals surface area contributed by atoms with E-state index < -0.39 is 29.2 Å². The highest BCUT2D eigenvalue weighted by atomic mass is 16.4. The van der Waals surface area contributed by atoms with Crippen molar-refractivity contribution in [1.82, 2.24) is 0 Å². The van der Waals surface area contributed by atoms with Gasteiger partial charge in [-0.25, -0.2) is 0 Å². The molecule has 0 aromatic heterocycles. The van der Waals surface area contributed by atoms with Gasteiger partial charge in [-0.2, -0.15) is 5.26 Å². The summed E-state index contributed by atoms with van der Waals surface area (Å²) in [5, 5.41) is 28.1. The molecule has 0 aliphatic heterocycles. The van der Waals surface area contributed by atoms with Crippen molar-refractivity contribution in [2.24, 2.45) is 23.2 Å². The molecule has 5 nitrogen and oxygen atoms in total. The lowest BCUT2D eigenvalue weighted by Crippen LogP contribution is -2.48. The standard InChI is InChI=1S/C13H19NO4/c1-8(2)13(7-14,12(17)18)10(11(15)16)9-5-3-4-6-9/h8-10H,3-6H2,1-2H3,(H,15,16)(H,17,18). The molecule has 2 N–H and O–H groups in total. The normalized spacial score (nSPS) is 21.2. The molecule has 1 aliphatic carbocycles. The van der Waals surface area contributed by atoms with Gasteiger partial charge in [0.05, 0.1) is 12.0 Å². The van der Waals surface area contributed by atoms with E-state index in [-0.39, 0.29) is 5.92 Å². The first-order chi connectivity index (χ1) is 8.37. The van der Waals surface area contributed by atoms with Gasteiger partial charge in [0.1, 0.15) is 0 Å². The molecule has 2 unspecified atom stereocenters. The van der Waals surface area contributed by atoms with Crippen LogP contribution in [0.4, 0.5) is 0 Å². The molecule has 5 heteroatoms. The second kappa shape index (κ2) is 5.38. The summed E-state index contributed by atoms with van der Waals surface area (Å²) in [5.74, 6) is -4.36. The summed E-state index contributed by atoms with van der Waals surface area (Å²) in [6.07, 6.45) is 3.21. The topological polar surface area (TPSA) is 98.4 Å². The van der Waals surface area contributed by atoms with Gasteiger partial charge in [0.15, 0.2) is 5.41 Å². The average molecular weight is 253 g/mol. The Balaban J connectivity index is 3.26. The van der Waals surface area contributed by atoms with Crippen molar-refractivity contribution in [3.05, 3.63) is 0 Å². The zero-order valence-corrected chi connectivity index (χ0v) is 10.7. The van der Waals surface area contributed by atoms with Crippen molar-refractivity contribution in [1.29, 1.82) is 5.26 Å². The van der Waals surface area contributed by atoms with Crippen molar-refractivity contribution in [3.63, 3.8) is 0 Å². The third-order valence-electron chi connectivity index (χ3n) is 4.08. The molecule has 0 aromatic rings. The van der Waals surface area contributed by atoms with Crippen LogP contribution in [0.15, 0.2) is 0 Å². The molecule has 1 rings (SSSR count). The van der Waals surface area contributed by atoms with Crippen LogP contribution in [0.1, 0.15) is 39.5 Å². The third-order valence-corrected chi connectivity index (χ3v) is 4.08. The van der Waals surface area contributed by atoms with Crippen LogP contribution in [0.3, 0.4) is 0 Å². The minimum Gasteiger partial charge on any atom is -0.481 e. The van der Waals surface area contributed by atoms with Gasteiger partial charge in [0.2, 0.25) is 0 Å². The Kier molecular flexibility index (Phi) is 4.33. The Morgan fingerprint density at radius 1 is 1.28 bits per heavy atom. The van der Waals surface area contributed by atoms with Crippen molar-refractivity contribution in [2.45, 2.75) is 39.5 Å². The molecular formula is C13H19NO4. The number of nitriles is 1. The quantitative estimate of drug-likeness (QED) is 0.782. The van der Waals surface area contributed by atoms with Gasteiger partial charge in [-0.15, -0.1) is 0 Å². The van der Waals surface area contributed by atoms with Crippen LogP contribution in [0.25, 0.3) is 0 Å². The molecule has 0 heterocycles. The highest BCUT2D eigenvalue weighted by Gasteiger charge is 2.55. The van der Waals surface area contributed by atoms with Crippen LogP contribution in [-0.2, 0) is 9.59 Å². The Morgan fingerprint density at radius 3 is 2.06 bits per heavy atom. The minimum absolute atomic E-state index is 0.208. The molecule has 0 aromatic carbocycles. The molecule has 0 amide bonds. The van der Waals surface area contributed by atoms with Crippen molar-refractivity contribution >= 4 is 11.9 Å². The Morgan fingerprint density at radius 2 is 1.78 bits per heavy atom. The van der Waals surface area contributed by atoms with Gasteiger partial charge >= 0.3 is 11.9 Å². The van der Waals surface area contributed by atoms with Gasteiger partial charge in [-0.1, -0.05) is 26.7 Å². The van der Waals surface area contributed by atoms with E-state index in [2.05, 4.69) is 0 Å². The number of rotatable bonds is 5. The third kappa shape index (κ3) is 2.20. The van der Waals surface area contributed by atoms with Gasteiger partial charge < -0.3 is 10.2 Å². The molecule has 100 valence electrons. The molecule has 0 bridgehead atoms. The van der Waals surface area contributed by atoms with Crippen LogP contribution in [0, 0.1) is 34.5 Å². The molecule has 0 spiro atoms. The maximum absolute atomic E-state index is 11.5. The molecule has 1 aliphatic rings. The Labute approximate surface area is 106 Å². The first-order valence-corrected chi connectivity index (χ1v) is 6.25. The first-order valence-electron chi connectivity index (χ1n) is 6.25.